The summed E-state index contributed by atoms with van der Waals surface area (Å²) in [4.78, 5) is 2.57. The number of nitrogens with one attached hydrogen (secondary N) is 1. The van der Waals surface area contributed by atoms with Gasteiger partial charge in [0.15, 0.2) is 0 Å². The molecule has 0 amide bonds. The maximum Gasteiger partial charge on any atom is 0.122 e. The molecule has 21 heavy (non-hydrogen) atoms. The molecule has 3 nitrogen and oxygen atoms in total. The SMILES string of the molecule is CCc1ccccc1OCCCCCCN1CCNCC1. The van der Waals surface area contributed by atoms with Crippen LogP contribution < -0.4 is 10.1 Å². The fourth-order valence-corrected chi connectivity index (χ4v) is 2.84. The molecule has 0 saturated carbocycles. The molecule has 0 spiro atoms. The average Bonchev–Trinajstić information content (AvgIpc) is 2.55. The number of hydrogen-bond acceptors (Lipinski definition) is 3. The first-order valence-corrected chi connectivity index (χ1v) is 8.54. The standard InChI is InChI=1S/C18H30N2O/c1-2-17-9-5-6-10-18(17)21-16-8-4-3-7-13-20-14-11-19-12-15-20/h5-6,9-10,19H,2-4,7-8,11-16H2,1H3. The Labute approximate surface area is 129 Å². The van der Waals surface area contributed by atoms with Crippen LogP contribution in [0.5, 0.6) is 5.75 Å². The van der Waals surface area contributed by atoms with Crippen LogP contribution in [0.25, 0.3) is 0 Å². The number of unbranched alkanes of at least 4 members (excludes halogenated alkanes) is 3. The summed E-state index contributed by atoms with van der Waals surface area (Å²) in [5.74, 6) is 1.07. The van der Waals surface area contributed by atoms with Gasteiger partial charge in [-0.1, -0.05) is 38.0 Å². The molecule has 0 radical (unpaired) electrons. The van der Waals surface area contributed by atoms with Crippen LogP contribution in [0, 0.1) is 0 Å². The number of para-hydroxylation sites is 1. The van der Waals surface area contributed by atoms with Crippen molar-refractivity contribution >= 4 is 0 Å². The zero-order valence-electron chi connectivity index (χ0n) is 13.4. The fourth-order valence-electron chi connectivity index (χ4n) is 2.84. The third kappa shape index (κ3) is 6.06. The topological polar surface area (TPSA) is 24.5 Å². The van der Waals surface area contributed by atoms with Gasteiger partial charge < -0.3 is 15.0 Å². The number of ether oxygens (including phenoxy) is 1. The van der Waals surface area contributed by atoms with Gasteiger partial charge in [0, 0.05) is 26.2 Å². The average molecular weight is 290 g/mol. The van der Waals surface area contributed by atoms with E-state index < -0.39 is 0 Å². The van der Waals surface area contributed by atoms with Gasteiger partial charge in [0.1, 0.15) is 5.75 Å². The van der Waals surface area contributed by atoms with Crippen LogP contribution in [0.2, 0.25) is 0 Å². The molecular weight excluding hydrogens is 260 g/mol. The number of benzene rings is 1. The zero-order valence-corrected chi connectivity index (χ0v) is 13.4. The van der Waals surface area contributed by atoms with E-state index in [1.54, 1.807) is 0 Å². The minimum Gasteiger partial charge on any atom is -0.493 e. The van der Waals surface area contributed by atoms with E-state index in [9.17, 15) is 0 Å². The second-order valence-corrected chi connectivity index (χ2v) is 5.82. The molecule has 0 atom stereocenters. The van der Waals surface area contributed by atoms with Gasteiger partial charge in [-0.05, 0) is 37.4 Å². The number of rotatable bonds is 9. The molecule has 1 N–H and O–H groups in total. The van der Waals surface area contributed by atoms with Crippen molar-refractivity contribution in [2.24, 2.45) is 0 Å². The third-order valence-electron chi connectivity index (χ3n) is 4.19. The molecule has 0 unspecified atom stereocenters. The van der Waals surface area contributed by atoms with Gasteiger partial charge in [-0.15, -0.1) is 0 Å². The lowest BCUT2D eigenvalue weighted by Crippen LogP contribution is -2.43. The van der Waals surface area contributed by atoms with Crippen LogP contribution in [0.1, 0.15) is 38.2 Å². The number of aryl methyl sites for hydroxylation is 1. The summed E-state index contributed by atoms with van der Waals surface area (Å²) in [6.45, 7) is 9.05. The predicted molar refractivity (Wildman–Crippen MR) is 89.1 cm³/mol. The van der Waals surface area contributed by atoms with E-state index in [-0.39, 0.29) is 0 Å². The quantitative estimate of drug-likeness (QED) is 0.707. The summed E-state index contributed by atoms with van der Waals surface area (Å²) >= 11 is 0. The van der Waals surface area contributed by atoms with Crippen molar-refractivity contribution in [1.82, 2.24) is 10.2 Å². The molecule has 0 aliphatic carbocycles. The maximum absolute atomic E-state index is 5.91. The molecule has 1 heterocycles. The maximum atomic E-state index is 5.91. The monoisotopic (exact) mass is 290 g/mol. The minimum atomic E-state index is 0.852. The summed E-state index contributed by atoms with van der Waals surface area (Å²) in [5, 5.41) is 3.40. The van der Waals surface area contributed by atoms with Crippen molar-refractivity contribution in [1.29, 1.82) is 0 Å². The summed E-state index contributed by atoms with van der Waals surface area (Å²) in [5.41, 5.74) is 1.32. The molecule has 1 aliphatic heterocycles. The minimum absolute atomic E-state index is 0.852. The third-order valence-corrected chi connectivity index (χ3v) is 4.19. The molecule has 1 aromatic carbocycles. The van der Waals surface area contributed by atoms with Gasteiger partial charge in [-0.2, -0.15) is 0 Å². The first kappa shape index (κ1) is 16.3. The van der Waals surface area contributed by atoms with E-state index in [1.807, 2.05) is 0 Å². The zero-order chi connectivity index (χ0) is 14.8. The lowest BCUT2D eigenvalue weighted by Gasteiger charge is -2.27. The highest BCUT2D eigenvalue weighted by Crippen LogP contribution is 2.18. The lowest BCUT2D eigenvalue weighted by atomic mass is 10.1. The van der Waals surface area contributed by atoms with Gasteiger partial charge >= 0.3 is 0 Å². The first-order valence-electron chi connectivity index (χ1n) is 8.54. The summed E-state index contributed by atoms with van der Waals surface area (Å²) in [7, 11) is 0. The van der Waals surface area contributed by atoms with Gasteiger partial charge in [0.25, 0.3) is 0 Å². The highest BCUT2D eigenvalue weighted by molar-refractivity contribution is 5.33. The number of nitrogens with zero attached hydrogens (tertiary/aromatic N) is 1. The molecule has 0 aromatic heterocycles. The molecule has 0 bridgehead atoms. The van der Waals surface area contributed by atoms with E-state index in [0.29, 0.717) is 0 Å². The van der Waals surface area contributed by atoms with Gasteiger partial charge in [-0.25, -0.2) is 0 Å². The van der Waals surface area contributed by atoms with E-state index in [0.717, 1.165) is 31.9 Å². The van der Waals surface area contributed by atoms with Crippen LogP contribution in [0.15, 0.2) is 24.3 Å². The molecular formula is C18H30N2O. The highest BCUT2D eigenvalue weighted by Gasteiger charge is 2.08. The largest absolute Gasteiger partial charge is 0.493 e. The predicted octanol–water partition coefficient (Wildman–Crippen LogP) is 3.09. The Balaban J connectivity index is 1.50. The van der Waals surface area contributed by atoms with Crippen LogP contribution in [-0.4, -0.2) is 44.2 Å². The Bertz CT molecular complexity index is 389. The first-order chi connectivity index (χ1) is 10.4. The number of hydrogen-bond donors (Lipinski definition) is 1. The Morgan fingerprint density at radius 2 is 1.81 bits per heavy atom. The smallest absolute Gasteiger partial charge is 0.122 e. The van der Waals surface area contributed by atoms with Crippen LogP contribution in [0.4, 0.5) is 0 Å². The Hall–Kier alpha value is -1.06. The van der Waals surface area contributed by atoms with E-state index in [4.69, 9.17) is 4.74 Å². The molecule has 1 aromatic rings. The van der Waals surface area contributed by atoms with Crippen molar-refractivity contribution in [2.45, 2.75) is 39.0 Å². The fraction of sp³-hybridized carbons (Fsp3) is 0.667. The second kappa shape index (κ2) is 9.80. The van der Waals surface area contributed by atoms with Gasteiger partial charge in [0.2, 0.25) is 0 Å². The van der Waals surface area contributed by atoms with Gasteiger partial charge in [0.05, 0.1) is 6.61 Å². The highest BCUT2D eigenvalue weighted by atomic mass is 16.5. The Morgan fingerprint density at radius 3 is 2.62 bits per heavy atom. The van der Waals surface area contributed by atoms with E-state index in [1.165, 1.54) is 50.9 Å². The molecule has 3 heteroatoms. The van der Waals surface area contributed by atoms with Crippen LogP contribution in [0.3, 0.4) is 0 Å². The van der Waals surface area contributed by atoms with Crippen LogP contribution >= 0.6 is 0 Å². The van der Waals surface area contributed by atoms with Crippen molar-refractivity contribution < 1.29 is 4.74 Å². The molecule has 1 fully saturated rings. The van der Waals surface area contributed by atoms with E-state index in [2.05, 4.69) is 41.4 Å². The normalized spacial score (nSPS) is 16.0. The Kier molecular flexibility index (Phi) is 7.61. The van der Waals surface area contributed by atoms with Crippen molar-refractivity contribution in [3.63, 3.8) is 0 Å². The van der Waals surface area contributed by atoms with Crippen LogP contribution in [-0.2, 0) is 6.42 Å². The second-order valence-electron chi connectivity index (χ2n) is 5.82. The molecule has 2 rings (SSSR count). The summed E-state index contributed by atoms with van der Waals surface area (Å²) < 4.78 is 5.91. The molecule has 1 aliphatic rings. The number of piperazine rings is 1. The lowest BCUT2D eigenvalue weighted by molar-refractivity contribution is 0.234. The Morgan fingerprint density at radius 1 is 1.05 bits per heavy atom. The van der Waals surface area contributed by atoms with Crippen molar-refractivity contribution in [3.05, 3.63) is 29.8 Å². The van der Waals surface area contributed by atoms with Gasteiger partial charge in [-0.3, -0.25) is 0 Å². The molecule has 118 valence electrons. The van der Waals surface area contributed by atoms with Crippen molar-refractivity contribution in [2.75, 3.05) is 39.3 Å². The summed E-state index contributed by atoms with van der Waals surface area (Å²) in [6.07, 6.45) is 6.13. The van der Waals surface area contributed by atoms with Crippen molar-refractivity contribution in [3.8, 4) is 5.75 Å². The summed E-state index contributed by atoms with van der Waals surface area (Å²) in [6, 6.07) is 8.38. The molecule has 1 saturated heterocycles. The van der Waals surface area contributed by atoms with E-state index >= 15 is 0 Å².